The van der Waals surface area contributed by atoms with Crippen LogP contribution in [0.5, 0.6) is 0 Å². The first-order chi connectivity index (χ1) is 13.1. The number of carbonyl (C=O) groups excluding carboxylic acids is 1. The molecule has 1 amide bonds. The Balaban J connectivity index is 2.17. The van der Waals surface area contributed by atoms with Crippen LogP contribution < -0.4 is 10.6 Å². The standard InChI is InChI=1S/C21H27ClN2O3S/c1-14(2)21(15(3)4)24-19(25)13-23-17-11-8-12-18(20(17)22)28(26,27)16-9-6-5-7-10-16/h5-12,14-15,21,23H,13H2,1-4H3,(H,24,25). The molecule has 0 saturated heterocycles. The summed E-state index contributed by atoms with van der Waals surface area (Å²) >= 11 is 6.36. The van der Waals surface area contributed by atoms with E-state index in [9.17, 15) is 13.2 Å². The number of nitrogens with one attached hydrogen (secondary N) is 2. The molecule has 0 radical (unpaired) electrons. The Morgan fingerprint density at radius 3 is 2.14 bits per heavy atom. The van der Waals surface area contributed by atoms with Gasteiger partial charge in [-0.1, -0.05) is 63.6 Å². The number of hydrogen-bond donors (Lipinski definition) is 2. The summed E-state index contributed by atoms with van der Waals surface area (Å²) < 4.78 is 25.7. The number of amides is 1. The first kappa shape index (κ1) is 22.2. The van der Waals surface area contributed by atoms with Crippen molar-refractivity contribution in [2.24, 2.45) is 11.8 Å². The summed E-state index contributed by atoms with van der Waals surface area (Å²) in [6.45, 7) is 8.26. The van der Waals surface area contributed by atoms with E-state index in [4.69, 9.17) is 11.6 Å². The summed E-state index contributed by atoms with van der Waals surface area (Å²) in [6, 6.07) is 12.9. The summed E-state index contributed by atoms with van der Waals surface area (Å²) in [5.74, 6) is 0.457. The molecular weight excluding hydrogens is 396 g/mol. The van der Waals surface area contributed by atoms with E-state index in [1.807, 2.05) is 0 Å². The predicted octanol–water partition coefficient (Wildman–Crippen LogP) is 4.38. The molecule has 0 unspecified atom stereocenters. The molecule has 0 saturated carbocycles. The third kappa shape index (κ3) is 5.26. The van der Waals surface area contributed by atoms with Gasteiger partial charge in [0.15, 0.2) is 0 Å². The zero-order valence-corrected chi connectivity index (χ0v) is 18.1. The van der Waals surface area contributed by atoms with Gasteiger partial charge >= 0.3 is 0 Å². The number of halogens is 1. The lowest BCUT2D eigenvalue weighted by atomic mass is 9.93. The van der Waals surface area contributed by atoms with Crippen LogP contribution in [0.4, 0.5) is 5.69 Å². The molecule has 2 aromatic carbocycles. The Bertz CT molecular complexity index is 905. The van der Waals surface area contributed by atoms with Gasteiger partial charge in [-0.25, -0.2) is 8.42 Å². The fourth-order valence-electron chi connectivity index (χ4n) is 3.10. The Labute approximate surface area is 172 Å². The molecule has 2 rings (SSSR count). The van der Waals surface area contributed by atoms with Crippen molar-refractivity contribution in [3.05, 3.63) is 53.6 Å². The molecule has 0 aromatic heterocycles. The molecule has 0 atom stereocenters. The van der Waals surface area contributed by atoms with Gasteiger partial charge in [-0.05, 0) is 36.1 Å². The SMILES string of the molecule is CC(C)C(NC(=O)CNc1cccc(S(=O)(=O)c2ccccc2)c1Cl)C(C)C. The maximum Gasteiger partial charge on any atom is 0.239 e. The summed E-state index contributed by atoms with van der Waals surface area (Å²) in [7, 11) is -3.74. The molecule has 2 aromatic rings. The van der Waals surface area contributed by atoms with Gasteiger partial charge in [-0.15, -0.1) is 0 Å². The molecule has 0 aliphatic carbocycles. The maximum atomic E-state index is 12.8. The van der Waals surface area contributed by atoms with E-state index < -0.39 is 9.84 Å². The molecule has 7 heteroatoms. The highest BCUT2D eigenvalue weighted by atomic mass is 35.5. The molecule has 0 bridgehead atoms. The Morgan fingerprint density at radius 2 is 1.57 bits per heavy atom. The second kappa shape index (κ2) is 9.43. The van der Waals surface area contributed by atoms with Crippen molar-refractivity contribution >= 4 is 33.0 Å². The van der Waals surface area contributed by atoms with Gasteiger partial charge in [0.25, 0.3) is 0 Å². The summed E-state index contributed by atoms with van der Waals surface area (Å²) in [6.07, 6.45) is 0. The van der Waals surface area contributed by atoms with Crippen molar-refractivity contribution in [2.45, 2.75) is 43.5 Å². The molecule has 0 aliphatic rings. The van der Waals surface area contributed by atoms with Crippen molar-refractivity contribution in [2.75, 3.05) is 11.9 Å². The summed E-state index contributed by atoms with van der Waals surface area (Å²) in [5.41, 5.74) is 0.402. The molecule has 152 valence electrons. The number of hydrogen-bond acceptors (Lipinski definition) is 4. The van der Waals surface area contributed by atoms with Crippen LogP contribution in [0.25, 0.3) is 0 Å². The average Bonchev–Trinajstić information content (AvgIpc) is 2.65. The van der Waals surface area contributed by atoms with Crippen LogP contribution in [0, 0.1) is 11.8 Å². The Hall–Kier alpha value is -2.05. The topological polar surface area (TPSA) is 75.3 Å². The minimum absolute atomic E-state index is 0.00446. The minimum Gasteiger partial charge on any atom is -0.375 e. The van der Waals surface area contributed by atoms with Gasteiger partial charge in [-0.2, -0.15) is 0 Å². The monoisotopic (exact) mass is 422 g/mol. The van der Waals surface area contributed by atoms with Crippen LogP contribution in [-0.4, -0.2) is 26.9 Å². The third-order valence-electron chi connectivity index (χ3n) is 4.51. The second-order valence-corrected chi connectivity index (χ2v) is 9.67. The molecule has 5 nitrogen and oxygen atoms in total. The van der Waals surface area contributed by atoms with E-state index >= 15 is 0 Å². The molecule has 0 fully saturated rings. The number of sulfone groups is 1. The van der Waals surface area contributed by atoms with Gasteiger partial charge in [0.05, 0.1) is 27.0 Å². The van der Waals surface area contributed by atoms with Gasteiger partial charge < -0.3 is 10.6 Å². The van der Waals surface area contributed by atoms with Gasteiger partial charge in [0.2, 0.25) is 15.7 Å². The largest absolute Gasteiger partial charge is 0.375 e. The van der Waals surface area contributed by atoms with Gasteiger partial charge in [-0.3, -0.25) is 4.79 Å². The average molecular weight is 423 g/mol. The van der Waals surface area contributed by atoms with Crippen molar-refractivity contribution in [1.82, 2.24) is 5.32 Å². The first-order valence-corrected chi connectivity index (χ1v) is 11.1. The smallest absolute Gasteiger partial charge is 0.239 e. The molecule has 0 spiro atoms. The van der Waals surface area contributed by atoms with Crippen molar-refractivity contribution in [3.63, 3.8) is 0 Å². The first-order valence-electron chi connectivity index (χ1n) is 9.26. The number of benzene rings is 2. The quantitative estimate of drug-likeness (QED) is 0.661. The lowest BCUT2D eigenvalue weighted by molar-refractivity contribution is -0.120. The number of anilines is 1. The summed E-state index contributed by atoms with van der Waals surface area (Å²) in [5, 5.41) is 6.04. The second-order valence-electron chi connectivity index (χ2n) is 7.37. The molecule has 0 heterocycles. The van der Waals surface area contributed by atoms with E-state index in [2.05, 4.69) is 38.3 Å². The minimum atomic E-state index is -3.74. The van der Waals surface area contributed by atoms with Crippen LogP contribution in [0.1, 0.15) is 27.7 Å². The van der Waals surface area contributed by atoms with E-state index in [0.717, 1.165) is 0 Å². The van der Waals surface area contributed by atoms with Crippen LogP contribution in [0.15, 0.2) is 58.3 Å². The van der Waals surface area contributed by atoms with Crippen LogP contribution >= 0.6 is 11.6 Å². The van der Waals surface area contributed by atoms with Crippen LogP contribution in [-0.2, 0) is 14.6 Å². The zero-order chi connectivity index (χ0) is 20.9. The predicted molar refractivity (Wildman–Crippen MR) is 113 cm³/mol. The zero-order valence-electron chi connectivity index (χ0n) is 16.6. The van der Waals surface area contributed by atoms with Crippen molar-refractivity contribution < 1.29 is 13.2 Å². The molecular formula is C21H27ClN2O3S. The van der Waals surface area contributed by atoms with E-state index in [1.165, 1.54) is 18.2 Å². The summed E-state index contributed by atoms with van der Waals surface area (Å²) in [4.78, 5) is 12.5. The highest BCUT2D eigenvalue weighted by Crippen LogP contribution is 2.32. The van der Waals surface area contributed by atoms with Crippen LogP contribution in [0.2, 0.25) is 5.02 Å². The molecule has 28 heavy (non-hydrogen) atoms. The third-order valence-corrected chi connectivity index (χ3v) is 6.84. The number of rotatable bonds is 8. The van der Waals surface area contributed by atoms with E-state index in [1.54, 1.807) is 30.3 Å². The number of carbonyl (C=O) groups is 1. The molecule has 2 N–H and O–H groups in total. The normalized spacial score (nSPS) is 11.9. The van der Waals surface area contributed by atoms with Gasteiger partial charge in [0.1, 0.15) is 0 Å². The van der Waals surface area contributed by atoms with E-state index in [-0.39, 0.29) is 33.3 Å². The van der Waals surface area contributed by atoms with Crippen molar-refractivity contribution in [1.29, 1.82) is 0 Å². The lowest BCUT2D eigenvalue weighted by Crippen LogP contribution is -2.44. The Kier molecular flexibility index (Phi) is 7.49. The van der Waals surface area contributed by atoms with E-state index in [0.29, 0.717) is 17.5 Å². The fraction of sp³-hybridized carbons (Fsp3) is 0.381. The molecule has 0 aliphatic heterocycles. The van der Waals surface area contributed by atoms with Crippen molar-refractivity contribution in [3.8, 4) is 0 Å². The highest BCUT2D eigenvalue weighted by Gasteiger charge is 2.23. The fourth-order valence-corrected chi connectivity index (χ4v) is 4.97. The highest BCUT2D eigenvalue weighted by molar-refractivity contribution is 7.91. The van der Waals surface area contributed by atoms with Gasteiger partial charge in [0, 0.05) is 6.04 Å². The Morgan fingerprint density at radius 1 is 0.964 bits per heavy atom. The van der Waals surface area contributed by atoms with Crippen LogP contribution in [0.3, 0.4) is 0 Å². The maximum absolute atomic E-state index is 12.8. The lowest BCUT2D eigenvalue weighted by Gasteiger charge is -2.26.